The molecule has 0 N–H and O–H groups in total. The number of carbonyl (C=O) groups excluding carboxylic acids is 1. The number of benzene rings is 1. The number of nitrogens with zero attached hydrogens (tertiary/aromatic N) is 2. The molecule has 5 heteroatoms. The van der Waals surface area contributed by atoms with Gasteiger partial charge in [-0.2, -0.15) is 0 Å². The molecule has 0 aliphatic carbocycles. The van der Waals surface area contributed by atoms with Crippen molar-refractivity contribution in [2.45, 2.75) is 31.8 Å². The van der Waals surface area contributed by atoms with Gasteiger partial charge >= 0.3 is 5.97 Å². The molecule has 0 bridgehead atoms. The summed E-state index contributed by atoms with van der Waals surface area (Å²) in [6.45, 7) is 4.81. The lowest BCUT2D eigenvalue weighted by Gasteiger charge is -2.32. The second kappa shape index (κ2) is 4.46. The van der Waals surface area contributed by atoms with Crippen LogP contribution in [0.15, 0.2) is 16.6 Å². The number of anilines is 1. The number of fused-ring (bicyclic) bond motifs is 3. The van der Waals surface area contributed by atoms with E-state index in [1.54, 1.807) is 0 Å². The number of likely N-dealkylation sites (tertiary alicyclic amines) is 1. The van der Waals surface area contributed by atoms with Crippen molar-refractivity contribution in [1.29, 1.82) is 0 Å². The minimum absolute atomic E-state index is 0.0809. The van der Waals surface area contributed by atoms with Crippen LogP contribution in [0.4, 0.5) is 5.69 Å². The van der Waals surface area contributed by atoms with Crippen molar-refractivity contribution in [1.82, 2.24) is 4.90 Å². The van der Waals surface area contributed by atoms with E-state index in [4.69, 9.17) is 4.74 Å². The zero-order valence-electron chi connectivity index (χ0n) is 12.2. The Morgan fingerprint density at radius 1 is 1.45 bits per heavy atom. The molecule has 1 aromatic carbocycles. The summed E-state index contributed by atoms with van der Waals surface area (Å²) in [4.78, 5) is 15.9. The highest BCUT2D eigenvalue weighted by Gasteiger charge is 2.52. The fourth-order valence-corrected chi connectivity index (χ4v) is 4.58. The highest BCUT2D eigenvalue weighted by Crippen LogP contribution is 2.54. The number of carbonyl (C=O) groups is 1. The highest BCUT2D eigenvalue weighted by atomic mass is 79.9. The van der Waals surface area contributed by atoms with Crippen LogP contribution in [0.1, 0.15) is 25.8 Å². The number of likely N-dealkylation sites (N-methyl/N-ethyl adjacent to an activating group) is 2. The normalized spacial score (nSPS) is 28.4. The monoisotopic (exact) mass is 338 g/mol. The molecule has 1 fully saturated rings. The van der Waals surface area contributed by atoms with Gasteiger partial charge in [-0.1, -0.05) is 6.92 Å². The second-order valence-corrected chi connectivity index (χ2v) is 6.88. The predicted octanol–water partition coefficient (Wildman–Crippen LogP) is 2.74. The summed E-state index contributed by atoms with van der Waals surface area (Å²) in [6, 6.07) is 3.90. The van der Waals surface area contributed by atoms with Crippen LogP contribution in [-0.4, -0.2) is 37.7 Å². The topological polar surface area (TPSA) is 32.8 Å². The Bertz CT molecular complexity index is 589. The Kier molecular flexibility index (Phi) is 3.10. The van der Waals surface area contributed by atoms with Crippen molar-refractivity contribution in [3.63, 3.8) is 0 Å². The number of hydrogen-bond donors (Lipinski definition) is 0. The Morgan fingerprint density at radius 3 is 2.80 bits per heavy atom. The largest absolute Gasteiger partial charge is 0.427 e. The standard InChI is InChI=1S/C15H19BrN2O2/c1-9(19)20-10-7-11-13(12(16)8-10)18(4)14-15(11,2)5-6-17(14)3/h7-8,14H,5-6H2,1-4H3/t14-,15+/m1/s1. The third-order valence-electron chi connectivity index (χ3n) is 4.60. The van der Waals surface area contributed by atoms with Crippen molar-refractivity contribution >= 4 is 27.6 Å². The molecule has 2 atom stereocenters. The van der Waals surface area contributed by atoms with Crippen molar-refractivity contribution in [3.05, 3.63) is 22.2 Å². The first-order chi connectivity index (χ1) is 9.34. The maximum Gasteiger partial charge on any atom is 0.308 e. The minimum Gasteiger partial charge on any atom is -0.427 e. The number of halogens is 1. The number of ether oxygens (including phenoxy) is 1. The molecule has 2 aliphatic heterocycles. The molecule has 3 rings (SSSR count). The molecule has 0 unspecified atom stereocenters. The van der Waals surface area contributed by atoms with Crippen molar-refractivity contribution < 1.29 is 9.53 Å². The molecule has 108 valence electrons. The van der Waals surface area contributed by atoms with E-state index < -0.39 is 0 Å². The van der Waals surface area contributed by atoms with Gasteiger partial charge in [0.15, 0.2) is 0 Å². The fourth-order valence-electron chi connectivity index (χ4n) is 3.86. The molecule has 1 saturated heterocycles. The van der Waals surface area contributed by atoms with Crippen molar-refractivity contribution in [2.75, 3.05) is 25.5 Å². The Balaban J connectivity index is 2.14. The van der Waals surface area contributed by atoms with E-state index >= 15 is 0 Å². The molecule has 0 saturated carbocycles. The molecule has 0 aromatic heterocycles. The third kappa shape index (κ3) is 1.79. The highest BCUT2D eigenvalue weighted by molar-refractivity contribution is 9.10. The molecule has 0 spiro atoms. The average Bonchev–Trinajstić information content (AvgIpc) is 2.74. The Morgan fingerprint density at radius 2 is 2.15 bits per heavy atom. The van der Waals surface area contributed by atoms with Gasteiger partial charge in [0.05, 0.1) is 11.9 Å². The van der Waals surface area contributed by atoms with Crippen LogP contribution >= 0.6 is 15.9 Å². The fraction of sp³-hybridized carbons (Fsp3) is 0.533. The van der Waals surface area contributed by atoms with Gasteiger partial charge < -0.3 is 9.64 Å². The van der Waals surface area contributed by atoms with Crippen LogP contribution in [0, 0.1) is 0 Å². The van der Waals surface area contributed by atoms with Crippen molar-refractivity contribution in [2.24, 2.45) is 0 Å². The molecule has 0 radical (unpaired) electrons. The maximum atomic E-state index is 11.2. The summed E-state index contributed by atoms with van der Waals surface area (Å²) >= 11 is 3.63. The first kappa shape index (κ1) is 13.9. The van der Waals surface area contributed by atoms with E-state index in [-0.39, 0.29) is 11.4 Å². The lowest BCUT2D eigenvalue weighted by Crippen LogP contribution is -2.45. The van der Waals surface area contributed by atoms with Crippen molar-refractivity contribution in [3.8, 4) is 5.75 Å². The molecule has 4 nitrogen and oxygen atoms in total. The summed E-state index contributed by atoms with van der Waals surface area (Å²) in [6.07, 6.45) is 1.47. The van der Waals surface area contributed by atoms with Gasteiger partial charge in [-0.05, 0) is 47.1 Å². The first-order valence-corrected chi connectivity index (χ1v) is 7.59. The Hall–Kier alpha value is -1.07. The van der Waals surface area contributed by atoms with E-state index in [0.29, 0.717) is 11.9 Å². The van der Waals surface area contributed by atoms with Gasteiger partial charge in [-0.15, -0.1) is 0 Å². The van der Waals surface area contributed by atoms with Gasteiger partial charge in [-0.25, -0.2) is 0 Å². The van der Waals surface area contributed by atoms with Crippen LogP contribution in [0.2, 0.25) is 0 Å². The molecule has 2 aliphatic rings. The summed E-state index contributed by atoms with van der Waals surface area (Å²) in [5.74, 6) is 0.335. The number of hydrogen-bond acceptors (Lipinski definition) is 4. The molecule has 1 aromatic rings. The van der Waals surface area contributed by atoms with Gasteiger partial charge in [0, 0.05) is 30.4 Å². The van der Waals surface area contributed by atoms with E-state index in [9.17, 15) is 4.79 Å². The number of esters is 1. The van der Waals surface area contributed by atoms with Crippen LogP contribution in [0.3, 0.4) is 0 Å². The van der Waals surface area contributed by atoms with Crippen LogP contribution < -0.4 is 9.64 Å². The van der Waals surface area contributed by atoms with Crippen LogP contribution in [0.5, 0.6) is 5.75 Å². The summed E-state index contributed by atoms with van der Waals surface area (Å²) < 4.78 is 6.26. The van der Waals surface area contributed by atoms with Crippen LogP contribution in [-0.2, 0) is 10.2 Å². The van der Waals surface area contributed by atoms with E-state index in [1.165, 1.54) is 18.2 Å². The average molecular weight is 339 g/mol. The first-order valence-electron chi connectivity index (χ1n) is 6.80. The van der Waals surface area contributed by atoms with Gasteiger partial charge in [0.1, 0.15) is 5.75 Å². The lowest BCUT2D eigenvalue weighted by atomic mass is 9.81. The Labute approximate surface area is 127 Å². The molecular formula is C15H19BrN2O2. The molecular weight excluding hydrogens is 320 g/mol. The van der Waals surface area contributed by atoms with Gasteiger partial charge in [0.2, 0.25) is 0 Å². The SMILES string of the molecule is CC(=O)Oc1cc(Br)c2c(c1)[C@]1(C)CCN(C)[C@@H]1N2C. The maximum absolute atomic E-state index is 11.2. The molecule has 2 heterocycles. The quantitative estimate of drug-likeness (QED) is 0.582. The van der Waals surface area contributed by atoms with Crippen LogP contribution in [0.25, 0.3) is 0 Å². The molecule has 0 amide bonds. The van der Waals surface area contributed by atoms with E-state index in [1.807, 2.05) is 12.1 Å². The predicted molar refractivity (Wildman–Crippen MR) is 82.2 cm³/mol. The van der Waals surface area contributed by atoms with E-state index in [0.717, 1.165) is 17.4 Å². The smallest absolute Gasteiger partial charge is 0.308 e. The second-order valence-electron chi connectivity index (χ2n) is 6.03. The lowest BCUT2D eigenvalue weighted by molar-refractivity contribution is -0.131. The summed E-state index contributed by atoms with van der Waals surface area (Å²) in [7, 11) is 4.30. The summed E-state index contributed by atoms with van der Waals surface area (Å²) in [5, 5.41) is 0. The zero-order chi connectivity index (χ0) is 14.7. The number of rotatable bonds is 1. The van der Waals surface area contributed by atoms with Gasteiger partial charge in [0.25, 0.3) is 0 Å². The van der Waals surface area contributed by atoms with Gasteiger partial charge in [-0.3, -0.25) is 9.69 Å². The molecule has 20 heavy (non-hydrogen) atoms. The summed E-state index contributed by atoms with van der Waals surface area (Å²) in [5.41, 5.74) is 2.55. The van der Waals surface area contributed by atoms with E-state index in [2.05, 4.69) is 46.7 Å². The zero-order valence-corrected chi connectivity index (χ0v) is 13.8. The third-order valence-corrected chi connectivity index (χ3v) is 5.21. The minimum atomic E-state index is -0.284.